The van der Waals surface area contributed by atoms with E-state index in [4.69, 9.17) is 9.84 Å². The maximum absolute atomic E-state index is 12.7. The lowest BCUT2D eigenvalue weighted by molar-refractivity contribution is 0.0684. The Bertz CT molecular complexity index is 686. The van der Waals surface area contributed by atoms with E-state index in [0.717, 1.165) is 6.20 Å². The van der Waals surface area contributed by atoms with Gasteiger partial charge in [0, 0.05) is 6.20 Å². The Balaban J connectivity index is 2.17. The number of aromatic nitrogens is 2. The van der Waals surface area contributed by atoms with Crippen LogP contribution in [0.5, 0.6) is 5.75 Å². The number of carbonyl (C=O) groups is 2. The second kappa shape index (κ2) is 6.08. The zero-order valence-electron chi connectivity index (χ0n) is 11.0. The molecule has 2 rings (SSSR count). The number of ether oxygens (including phenoxy) is 1. The van der Waals surface area contributed by atoms with Gasteiger partial charge in [0.1, 0.15) is 18.2 Å². The summed E-state index contributed by atoms with van der Waals surface area (Å²) in [6, 6.07) is 5.32. The molecular formula is C14H11FN2O4. The highest BCUT2D eigenvalue weighted by atomic mass is 19.1. The summed E-state index contributed by atoms with van der Waals surface area (Å²) in [5, 5.41) is 9.03. The Morgan fingerprint density at radius 1 is 1.29 bits per heavy atom. The average molecular weight is 290 g/mol. The highest BCUT2D eigenvalue weighted by molar-refractivity contribution is 6.03. The third-order valence-corrected chi connectivity index (χ3v) is 2.60. The molecule has 0 atom stereocenters. The van der Waals surface area contributed by atoms with E-state index in [1.807, 2.05) is 0 Å². The van der Waals surface area contributed by atoms with Crippen molar-refractivity contribution in [2.45, 2.75) is 13.5 Å². The molecule has 0 amide bonds. The van der Waals surface area contributed by atoms with Crippen LogP contribution in [0.25, 0.3) is 0 Å². The highest BCUT2D eigenvalue weighted by Gasteiger charge is 2.17. The van der Waals surface area contributed by atoms with E-state index >= 15 is 0 Å². The number of carbonyl (C=O) groups excluding carboxylic acids is 1. The number of ketones is 1. The summed E-state index contributed by atoms with van der Waals surface area (Å²) in [5.41, 5.74) is -0.428. The number of nitrogens with zero attached hydrogens (tertiary/aromatic N) is 2. The molecule has 0 saturated heterocycles. The summed E-state index contributed by atoms with van der Waals surface area (Å²) in [4.78, 5) is 30.0. The molecule has 1 heterocycles. The third-order valence-electron chi connectivity index (χ3n) is 2.60. The van der Waals surface area contributed by atoms with Crippen LogP contribution in [0.2, 0.25) is 0 Å². The predicted octanol–water partition coefficient (Wildman–Crippen LogP) is 2.10. The van der Waals surface area contributed by atoms with Crippen molar-refractivity contribution in [3.05, 3.63) is 53.4 Å². The number of hydrogen-bond acceptors (Lipinski definition) is 5. The molecular weight excluding hydrogens is 279 g/mol. The van der Waals surface area contributed by atoms with E-state index in [1.54, 1.807) is 0 Å². The SMILES string of the molecule is CC(=O)c1cnc(COc2ccc(F)cc2)nc1C(=O)O. The summed E-state index contributed by atoms with van der Waals surface area (Å²) in [6.07, 6.45) is 1.15. The van der Waals surface area contributed by atoms with Gasteiger partial charge in [0.25, 0.3) is 0 Å². The van der Waals surface area contributed by atoms with Crippen LogP contribution in [0, 0.1) is 5.82 Å². The molecule has 1 N–H and O–H groups in total. The van der Waals surface area contributed by atoms with Crippen molar-refractivity contribution in [3.8, 4) is 5.75 Å². The van der Waals surface area contributed by atoms with Gasteiger partial charge in [-0.2, -0.15) is 0 Å². The quantitative estimate of drug-likeness (QED) is 0.848. The van der Waals surface area contributed by atoms with E-state index < -0.39 is 17.6 Å². The molecule has 108 valence electrons. The molecule has 7 heteroatoms. The van der Waals surface area contributed by atoms with E-state index in [1.165, 1.54) is 31.2 Å². The van der Waals surface area contributed by atoms with Crippen molar-refractivity contribution >= 4 is 11.8 Å². The second-order valence-electron chi connectivity index (χ2n) is 4.15. The first-order valence-electron chi connectivity index (χ1n) is 5.96. The van der Waals surface area contributed by atoms with Crippen molar-refractivity contribution in [1.82, 2.24) is 9.97 Å². The standard InChI is InChI=1S/C14H11FN2O4/c1-8(18)11-6-16-12(17-13(11)14(19)20)7-21-10-4-2-9(15)3-5-10/h2-6H,7H2,1H3,(H,19,20). The fraction of sp³-hybridized carbons (Fsp3) is 0.143. The van der Waals surface area contributed by atoms with Crippen LogP contribution in [0.4, 0.5) is 4.39 Å². The average Bonchev–Trinajstić information content (AvgIpc) is 2.46. The van der Waals surface area contributed by atoms with E-state index in [2.05, 4.69) is 9.97 Å². The smallest absolute Gasteiger partial charge is 0.355 e. The minimum atomic E-state index is -1.31. The largest absolute Gasteiger partial charge is 0.486 e. The van der Waals surface area contributed by atoms with E-state index in [-0.39, 0.29) is 23.7 Å². The van der Waals surface area contributed by atoms with Gasteiger partial charge in [-0.25, -0.2) is 19.2 Å². The second-order valence-corrected chi connectivity index (χ2v) is 4.15. The molecule has 0 unspecified atom stereocenters. The molecule has 0 aliphatic carbocycles. The van der Waals surface area contributed by atoms with E-state index in [0.29, 0.717) is 5.75 Å². The summed E-state index contributed by atoms with van der Waals surface area (Å²) in [5.74, 6) is -1.63. The third kappa shape index (κ3) is 3.59. The number of Topliss-reactive ketones (excluding diaryl/α,β-unsaturated/α-hetero) is 1. The number of benzene rings is 1. The van der Waals surface area contributed by atoms with Gasteiger partial charge in [0.2, 0.25) is 0 Å². The predicted molar refractivity (Wildman–Crippen MR) is 69.7 cm³/mol. The molecule has 6 nitrogen and oxygen atoms in total. The summed E-state index contributed by atoms with van der Waals surface area (Å²) < 4.78 is 18.0. The molecule has 0 bridgehead atoms. The van der Waals surface area contributed by atoms with Crippen LogP contribution in [0.1, 0.15) is 33.6 Å². The van der Waals surface area contributed by atoms with Gasteiger partial charge >= 0.3 is 5.97 Å². The van der Waals surface area contributed by atoms with Gasteiger partial charge in [-0.1, -0.05) is 0 Å². The van der Waals surface area contributed by atoms with Gasteiger partial charge in [-0.3, -0.25) is 4.79 Å². The van der Waals surface area contributed by atoms with Crippen molar-refractivity contribution in [2.75, 3.05) is 0 Å². The minimum absolute atomic E-state index is 0.0620. The molecule has 0 saturated carbocycles. The number of carboxylic acid groups (broad SMARTS) is 1. The van der Waals surface area contributed by atoms with Gasteiger partial charge in [0.05, 0.1) is 5.56 Å². The molecule has 1 aromatic carbocycles. The van der Waals surface area contributed by atoms with Gasteiger partial charge in [-0.15, -0.1) is 0 Å². The lowest BCUT2D eigenvalue weighted by atomic mass is 10.1. The Labute approximate surface area is 119 Å². The van der Waals surface area contributed by atoms with Gasteiger partial charge < -0.3 is 9.84 Å². The summed E-state index contributed by atoms with van der Waals surface area (Å²) in [7, 11) is 0. The number of aromatic carboxylic acids is 1. The zero-order chi connectivity index (χ0) is 15.4. The Hall–Kier alpha value is -2.83. The van der Waals surface area contributed by atoms with Crippen molar-refractivity contribution in [3.63, 3.8) is 0 Å². The topological polar surface area (TPSA) is 89.4 Å². The van der Waals surface area contributed by atoms with Gasteiger partial charge in [0.15, 0.2) is 17.3 Å². The maximum atomic E-state index is 12.7. The van der Waals surface area contributed by atoms with Crippen LogP contribution < -0.4 is 4.74 Å². The highest BCUT2D eigenvalue weighted by Crippen LogP contribution is 2.13. The molecule has 0 fully saturated rings. The number of hydrogen-bond donors (Lipinski definition) is 1. The van der Waals surface area contributed by atoms with Crippen molar-refractivity contribution in [1.29, 1.82) is 0 Å². The van der Waals surface area contributed by atoms with Crippen LogP contribution >= 0.6 is 0 Å². The Morgan fingerprint density at radius 2 is 1.95 bits per heavy atom. The monoisotopic (exact) mass is 290 g/mol. The minimum Gasteiger partial charge on any atom is -0.486 e. The first-order valence-corrected chi connectivity index (χ1v) is 5.96. The lowest BCUT2D eigenvalue weighted by Gasteiger charge is -2.07. The Morgan fingerprint density at radius 3 is 2.52 bits per heavy atom. The fourth-order valence-corrected chi connectivity index (χ4v) is 1.59. The number of rotatable bonds is 5. The Kier molecular flexibility index (Phi) is 4.22. The zero-order valence-corrected chi connectivity index (χ0v) is 11.0. The first-order chi connectivity index (χ1) is 9.97. The molecule has 1 aromatic heterocycles. The van der Waals surface area contributed by atoms with E-state index in [9.17, 15) is 14.0 Å². The molecule has 2 aromatic rings. The first kappa shape index (κ1) is 14.6. The van der Waals surface area contributed by atoms with Gasteiger partial charge in [-0.05, 0) is 31.2 Å². The summed E-state index contributed by atoms with van der Waals surface area (Å²) in [6.45, 7) is 1.14. The fourth-order valence-electron chi connectivity index (χ4n) is 1.59. The van der Waals surface area contributed by atoms with Crippen molar-refractivity contribution < 1.29 is 23.8 Å². The lowest BCUT2D eigenvalue weighted by Crippen LogP contribution is -2.13. The van der Waals surface area contributed by atoms with Crippen LogP contribution in [0.15, 0.2) is 30.5 Å². The van der Waals surface area contributed by atoms with Crippen molar-refractivity contribution in [2.24, 2.45) is 0 Å². The molecule has 0 aliphatic heterocycles. The molecule has 0 spiro atoms. The molecule has 0 radical (unpaired) electrons. The summed E-state index contributed by atoms with van der Waals surface area (Å²) >= 11 is 0. The molecule has 0 aliphatic rings. The van der Waals surface area contributed by atoms with Crippen LogP contribution in [0.3, 0.4) is 0 Å². The normalized spacial score (nSPS) is 10.2. The molecule has 21 heavy (non-hydrogen) atoms. The number of carboxylic acids is 1. The maximum Gasteiger partial charge on any atom is 0.355 e. The van der Waals surface area contributed by atoms with Crippen LogP contribution in [-0.2, 0) is 6.61 Å². The van der Waals surface area contributed by atoms with Crippen LogP contribution in [-0.4, -0.2) is 26.8 Å². The number of halogens is 1.